The number of nitrogens with zero attached hydrogens (tertiary/aromatic N) is 4. The number of nitro groups is 1. The van der Waals surface area contributed by atoms with Gasteiger partial charge < -0.3 is 19.6 Å². The summed E-state index contributed by atoms with van der Waals surface area (Å²) < 4.78 is 25.7. The van der Waals surface area contributed by atoms with Crippen LogP contribution in [-0.2, 0) is 6.54 Å². The summed E-state index contributed by atoms with van der Waals surface area (Å²) >= 11 is 0. The molecule has 0 bridgehead atoms. The smallest absolute Gasteiger partial charge is 0.414 e. The van der Waals surface area contributed by atoms with Gasteiger partial charge in [-0.05, 0) is 28.7 Å². The van der Waals surface area contributed by atoms with E-state index in [1.165, 1.54) is 18.3 Å². The van der Waals surface area contributed by atoms with E-state index in [0.29, 0.717) is 12.4 Å². The predicted octanol–water partition coefficient (Wildman–Crippen LogP) is 2.83. The van der Waals surface area contributed by atoms with E-state index in [2.05, 4.69) is 9.97 Å². The Balaban J connectivity index is 1.44. The van der Waals surface area contributed by atoms with Crippen molar-refractivity contribution < 1.29 is 18.8 Å². The van der Waals surface area contributed by atoms with Crippen LogP contribution in [0.2, 0.25) is 0 Å². The van der Waals surface area contributed by atoms with Crippen LogP contribution in [0, 0.1) is 15.9 Å². The molecule has 0 aliphatic carbocycles. The Morgan fingerprint density at radius 1 is 1.23 bits per heavy atom. The Hall–Kier alpha value is -3.49. The van der Waals surface area contributed by atoms with Crippen LogP contribution < -0.4 is 9.47 Å². The molecule has 4 rings (SSSR count). The van der Waals surface area contributed by atoms with Gasteiger partial charge in [-0.15, -0.1) is 0 Å². The molecule has 9 heteroatoms. The molecule has 3 aromatic rings. The van der Waals surface area contributed by atoms with Crippen molar-refractivity contribution in [3.8, 4) is 23.0 Å². The molecule has 1 aromatic carbocycles. The molecule has 1 aliphatic heterocycles. The van der Waals surface area contributed by atoms with Crippen molar-refractivity contribution in [1.29, 1.82) is 0 Å². The van der Waals surface area contributed by atoms with Crippen LogP contribution in [-0.4, -0.2) is 32.2 Å². The molecule has 8 nitrogen and oxygen atoms in total. The van der Waals surface area contributed by atoms with Gasteiger partial charge in [0.25, 0.3) is 0 Å². The number of hydrogen-bond donors (Lipinski definition) is 0. The summed E-state index contributed by atoms with van der Waals surface area (Å²) in [6, 6.07) is 9.88. The van der Waals surface area contributed by atoms with Crippen molar-refractivity contribution in [1.82, 2.24) is 14.5 Å². The summed E-state index contributed by atoms with van der Waals surface area (Å²) in [5, 5.41) is 10.8. The number of halogens is 1. The second-order valence-corrected chi connectivity index (χ2v) is 5.73. The van der Waals surface area contributed by atoms with Crippen LogP contribution in [0.4, 0.5) is 10.2 Å². The minimum atomic E-state index is -0.569. The summed E-state index contributed by atoms with van der Waals surface area (Å²) in [6.07, 6.45) is 2.61. The lowest BCUT2D eigenvalue weighted by Crippen LogP contribution is -2.34. The van der Waals surface area contributed by atoms with Crippen molar-refractivity contribution in [2.24, 2.45) is 0 Å². The van der Waals surface area contributed by atoms with Crippen molar-refractivity contribution in [3.05, 3.63) is 64.7 Å². The highest BCUT2D eigenvalue weighted by Crippen LogP contribution is 2.24. The number of hydrogen-bond acceptors (Lipinski definition) is 6. The summed E-state index contributed by atoms with van der Waals surface area (Å²) in [5.41, 5.74) is 1.69. The Bertz CT molecular complexity index is 940. The Labute approximate surface area is 147 Å². The lowest BCUT2D eigenvalue weighted by atomic mass is 10.1. The van der Waals surface area contributed by atoms with Crippen LogP contribution in [0.15, 0.2) is 48.8 Å². The number of pyridine rings is 1. The number of imidazole rings is 1. The Kier molecular flexibility index (Phi) is 3.96. The molecule has 0 unspecified atom stereocenters. The zero-order valence-electron chi connectivity index (χ0n) is 13.4. The molecule has 132 valence electrons. The molecule has 0 fully saturated rings. The molecule has 0 saturated heterocycles. The van der Waals surface area contributed by atoms with Crippen LogP contribution in [0.5, 0.6) is 11.9 Å². The molecule has 0 spiro atoms. The summed E-state index contributed by atoms with van der Waals surface area (Å²) in [5.74, 6) is -0.150. The molecule has 1 aliphatic rings. The van der Waals surface area contributed by atoms with Crippen molar-refractivity contribution in [2.75, 3.05) is 6.61 Å². The molecule has 1 atom stereocenters. The first kappa shape index (κ1) is 16.0. The van der Waals surface area contributed by atoms with Crippen molar-refractivity contribution in [2.45, 2.75) is 12.6 Å². The van der Waals surface area contributed by atoms with E-state index < -0.39 is 4.92 Å². The van der Waals surface area contributed by atoms with Gasteiger partial charge in [-0.2, -0.15) is 0 Å². The molecule has 0 radical (unpaired) electrons. The number of ether oxygens (including phenoxy) is 2. The third-order valence-corrected chi connectivity index (χ3v) is 3.91. The predicted molar refractivity (Wildman–Crippen MR) is 88.4 cm³/mol. The van der Waals surface area contributed by atoms with Gasteiger partial charge in [0.05, 0.1) is 6.54 Å². The molecule has 26 heavy (non-hydrogen) atoms. The minimum absolute atomic E-state index is 0.205. The van der Waals surface area contributed by atoms with E-state index in [9.17, 15) is 14.5 Å². The minimum Gasteiger partial charge on any atom is -0.469 e. The lowest BCUT2D eigenvalue weighted by Gasteiger charge is -2.22. The highest BCUT2D eigenvalue weighted by Gasteiger charge is 2.29. The average molecular weight is 356 g/mol. The molecular formula is C17H13FN4O4. The normalized spacial score (nSPS) is 15.8. The zero-order valence-corrected chi connectivity index (χ0v) is 13.4. The second kappa shape index (κ2) is 6.43. The van der Waals surface area contributed by atoms with Gasteiger partial charge in [0.1, 0.15) is 18.6 Å². The number of benzene rings is 1. The molecule has 0 N–H and O–H groups in total. The van der Waals surface area contributed by atoms with Crippen LogP contribution >= 0.6 is 0 Å². The standard InChI is InChI=1S/C17H13FN4O4/c18-13-4-1-11(2-5-13)12-3-6-16(19-7-12)26-14-8-21-9-15(22(23)24)20-17(21)25-10-14/h1-7,9,14H,8,10H2/t14-/m0/s1. The van der Waals surface area contributed by atoms with Gasteiger partial charge in [0, 0.05) is 22.8 Å². The number of rotatable bonds is 4. The summed E-state index contributed by atoms with van der Waals surface area (Å²) in [6.45, 7) is 0.590. The van der Waals surface area contributed by atoms with E-state index in [1.807, 2.05) is 6.07 Å². The van der Waals surface area contributed by atoms with E-state index in [1.54, 1.807) is 29.0 Å². The molecule has 3 heterocycles. The quantitative estimate of drug-likeness (QED) is 0.527. The molecular weight excluding hydrogens is 343 g/mol. The maximum absolute atomic E-state index is 13.0. The number of aromatic nitrogens is 3. The monoisotopic (exact) mass is 356 g/mol. The average Bonchev–Trinajstić information content (AvgIpc) is 3.07. The van der Waals surface area contributed by atoms with Crippen molar-refractivity contribution >= 4 is 5.82 Å². The van der Waals surface area contributed by atoms with Gasteiger partial charge in [0.2, 0.25) is 5.88 Å². The third-order valence-electron chi connectivity index (χ3n) is 3.91. The fourth-order valence-electron chi connectivity index (χ4n) is 2.66. The molecule has 0 amide bonds. The first-order valence-electron chi connectivity index (χ1n) is 7.81. The Morgan fingerprint density at radius 2 is 2.00 bits per heavy atom. The summed E-state index contributed by atoms with van der Waals surface area (Å²) in [4.78, 5) is 18.2. The van der Waals surface area contributed by atoms with Gasteiger partial charge in [0.15, 0.2) is 6.10 Å². The third kappa shape index (κ3) is 3.18. The van der Waals surface area contributed by atoms with E-state index >= 15 is 0 Å². The first-order chi connectivity index (χ1) is 12.6. The fourth-order valence-corrected chi connectivity index (χ4v) is 2.66. The van der Waals surface area contributed by atoms with Gasteiger partial charge in [-0.1, -0.05) is 12.1 Å². The Morgan fingerprint density at radius 3 is 2.69 bits per heavy atom. The lowest BCUT2D eigenvalue weighted by molar-refractivity contribution is -0.389. The van der Waals surface area contributed by atoms with Gasteiger partial charge in [-0.25, -0.2) is 9.37 Å². The zero-order chi connectivity index (χ0) is 18.1. The second-order valence-electron chi connectivity index (χ2n) is 5.73. The first-order valence-corrected chi connectivity index (χ1v) is 7.81. The van der Waals surface area contributed by atoms with Crippen LogP contribution in [0.25, 0.3) is 11.1 Å². The van der Waals surface area contributed by atoms with Gasteiger partial charge in [-0.3, -0.25) is 4.57 Å². The molecule has 0 saturated carbocycles. The van der Waals surface area contributed by atoms with Gasteiger partial charge >= 0.3 is 11.8 Å². The highest BCUT2D eigenvalue weighted by molar-refractivity contribution is 5.62. The largest absolute Gasteiger partial charge is 0.469 e. The van der Waals surface area contributed by atoms with E-state index in [0.717, 1.165) is 11.1 Å². The van der Waals surface area contributed by atoms with E-state index in [4.69, 9.17) is 9.47 Å². The summed E-state index contributed by atoms with van der Waals surface area (Å²) in [7, 11) is 0. The van der Waals surface area contributed by atoms with Crippen molar-refractivity contribution in [3.63, 3.8) is 0 Å². The topological polar surface area (TPSA) is 92.3 Å². The van der Waals surface area contributed by atoms with Crippen LogP contribution in [0.1, 0.15) is 0 Å². The maximum Gasteiger partial charge on any atom is 0.414 e. The van der Waals surface area contributed by atoms with Crippen LogP contribution in [0.3, 0.4) is 0 Å². The maximum atomic E-state index is 13.0. The molecule has 2 aromatic heterocycles. The SMILES string of the molecule is O=[N+]([O-])c1cn2c(n1)OC[C@@H](Oc1ccc(-c3ccc(F)cc3)cn1)C2. The highest BCUT2D eigenvalue weighted by atomic mass is 19.1. The fraction of sp³-hybridized carbons (Fsp3) is 0.176. The van der Waals surface area contributed by atoms with E-state index in [-0.39, 0.29) is 30.4 Å². The number of fused-ring (bicyclic) bond motifs is 1.